The van der Waals surface area contributed by atoms with Gasteiger partial charge in [-0.1, -0.05) is 19.3 Å². The minimum absolute atomic E-state index is 0.0982. The monoisotopic (exact) mass is 306 g/mol. The first-order valence-corrected chi connectivity index (χ1v) is 9.01. The second-order valence-electron chi connectivity index (χ2n) is 5.35. The minimum Gasteiger partial charge on any atom is -0.385 e. The molecule has 0 bridgehead atoms. The summed E-state index contributed by atoms with van der Waals surface area (Å²) >= 11 is 0. The predicted octanol–water partition coefficient (Wildman–Crippen LogP) is 0.733. The Morgan fingerprint density at radius 3 is 2.50 bits per heavy atom. The van der Waals surface area contributed by atoms with Crippen LogP contribution in [0.2, 0.25) is 0 Å². The first-order chi connectivity index (χ1) is 9.43. The summed E-state index contributed by atoms with van der Waals surface area (Å²) in [6.07, 6.45) is 7.19. The second kappa shape index (κ2) is 8.59. The van der Waals surface area contributed by atoms with Gasteiger partial charge in [0.05, 0.1) is 12.8 Å². The van der Waals surface area contributed by atoms with Gasteiger partial charge in [0.15, 0.2) is 0 Å². The molecule has 1 amide bonds. The van der Waals surface area contributed by atoms with Crippen molar-refractivity contribution < 1.29 is 17.9 Å². The number of rotatable bonds is 8. The summed E-state index contributed by atoms with van der Waals surface area (Å²) in [6.45, 7) is 0.695. The molecule has 0 radical (unpaired) electrons. The molecule has 1 rings (SSSR count). The summed E-state index contributed by atoms with van der Waals surface area (Å²) in [7, 11) is -1.79. The van der Waals surface area contributed by atoms with Crippen molar-refractivity contribution in [3.05, 3.63) is 0 Å². The number of carbonyl (C=O) groups excluding carboxylic acids is 1. The molecular weight excluding hydrogens is 280 g/mol. The molecule has 7 heteroatoms. The molecule has 0 atom stereocenters. The molecule has 0 aromatic heterocycles. The quantitative estimate of drug-likeness (QED) is 0.671. The van der Waals surface area contributed by atoms with Gasteiger partial charge in [-0.15, -0.1) is 0 Å². The fourth-order valence-corrected chi connectivity index (χ4v) is 3.24. The summed E-state index contributed by atoms with van der Waals surface area (Å²) < 4.78 is 29.4. The van der Waals surface area contributed by atoms with Crippen molar-refractivity contribution in [3.63, 3.8) is 0 Å². The third kappa shape index (κ3) is 6.67. The van der Waals surface area contributed by atoms with Crippen LogP contribution in [0.25, 0.3) is 0 Å². The van der Waals surface area contributed by atoms with E-state index < -0.39 is 10.0 Å². The maximum absolute atomic E-state index is 12.0. The number of nitrogens with one attached hydrogen (secondary N) is 1. The van der Waals surface area contributed by atoms with Crippen LogP contribution in [0.4, 0.5) is 0 Å². The molecule has 1 N–H and O–H groups in total. The van der Waals surface area contributed by atoms with E-state index in [9.17, 15) is 13.2 Å². The van der Waals surface area contributed by atoms with Crippen LogP contribution in [-0.4, -0.2) is 57.7 Å². The van der Waals surface area contributed by atoms with Crippen molar-refractivity contribution >= 4 is 15.9 Å². The highest BCUT2D eigenvalue weighted by atomic mass is 32.2. The lowest BCUT2D eigenvalue weighted by molar-refractivity contribution is -0.122. The van der Waals surface area contributed by atoms with E-state index in [-0.39, 0.29) is 18.5 Å². The third-order valence-electron chi connectivity index (χ3n) is 3.52. The normalized spacial score (nSPS) is 17.4. The van der Waals surface area contributed by atoms with Crippen molar-refractivity contribution in [2.24, 2.45) is 0 Å². The van der Waals surface area contributed by atoms with Crippen LogP contribution >= 0.6 is 0 Å². The molecule has 20 heavy (non-hydrogen) atoms. The summed E-state index contributed by atoms with van der Waals surface area (Å²) in [6, 6.07) is 0.205. The number of carbonyl (C=O) groups is 1. The zero-order chi connectivity index (χ0) is 15.0. The maximum Gasteiger partial charge on any atom is 0.235 e. The molecule has 0 unspecified atom stereocenters. The Hall–Kier alpha value is -0.660. The van der Waals surface area contributed by atoms with E-state index in [0.717, 1.165) is 31.9 Å². The van der Waals surface area contributed by atoms with Crippen molar-refractivity contribution in [3.8, 4) is 0 Å². The highest BCUT2D eigenvalue weighted by Gasteiger charge is 2.22. The second-order valence-corrected chi connectivity index (χ2v) is 7.33. The summed E-state index contributed by atoms with van der Waals surface area (Å²) in [4.78, 5) is 12.0. The molecule has 0 aromatic carbocycles. The zero-order valence-corrected chi connectivity index (χ0v) is 13.2. The van der Waals surface area contributed by atoms with Gasteiger partial charge < -0.3 is 10.1 Å². The molecule has 0 spiro atoms. The average molecular weight is 306 g/mol. The number of ether oxygens (including phenoxy) is 1. The molecule has 118 valence electrons. The predicted molar refractivity (Wildman–Crippen MR) is 77.9 cm³/mol. The number of sulfonamides is 1. The van der Waals surface area contributed by atoms with Crippen LogP contribution < -0.4 is 5.32 Å². The van der Waals surface area contributed by atoms with E-state index in [1.165, 1.54) is 10.7 Å². The Morgan fingerprint density at radius 1 is 1.30 bits per heavy atom. The lowest BCUT2D eigenvalue weighted by atomic mass is 9.95. The summed E-state index contributed by atoms with van der Waals surface area (Å²) in [5.41, 5.74) is 0. The van der Waals surface area contributed by atoms with Crippen molar-refractivity contribution in [2.75, 3.05) is 33.1 Å². The van der Waals surface area contributed by atoms with Crippen LogP contribution in [0.5, 0.6) is 0 Å². The van der Waals surface area contributed by atoms with Crippen LogP contribution in [0.15, 0.2) is 0 Å². The van der Waals surface area contributed by atoms with Gasteiger partial charge in [0.25, 0.3) is 0 Å². The number of amides is 1. The van der Waals surface area contributed by atoms with Crippen molar-refractivity contribution in [2.45, 2.75) is 44.6 Å². The van der Waals surface area contributed by atoms with Gasteiger partial charge in [-0.3, -0.25) is 4.79 Å². The van der Waals surface area contributed by atoms with Crippen LogP contribution in [0.1, 0.15) is 38.5 Å². The van der Waals surface area contributed by atoms with E-state index in [4.69, 9.17) is 4.74 Å². The van der Waals surface area contributed by atoms with E-state index in [1.54, 1.807) is 7.11 Å². The molecular formula is C13H26N2O4S. The standard InChI is InChI=1S/C13H26N2O4S/c1-19-10-6-9-15(20(2,17)18)11-13(16)14-12-7-4-3-5-8-12/h12H,3-11H2,1-2H3,(H,14,16). The van der Waals surface area contributed by atoms with Gasteiger partial charge in [0.1, 0.15) is 0 Å². The maximum atomic E-state index is 12.0. The van der Waals surface area contributed by atoms with Crippen molar-refractivity contribution in [1.29, 1.82) is 0 Å². The fourth-order valence-electron chi connectivity index (χ4n) is 2.43. The van der Waals surface area contributed by atoms with Crippen LogP contribution in [0, 0.1) is 0 Å². The highest BCUT2D eigenvalue weighted by molar-refractivity contribution is 7.88. The molecule has 1 aliphatic carbocycles. The van der Waals surface area contributed by atoms with Gasteiger partial charge in [0.2, 0.25) is 15.9 Å². The van der Waals surface area contributed by atoms with Gasteiger partial charge >= 0.3 is 0 Å². The molecule has 1 aliphatic rings. The Morgan fingerprint density at radius 2 is 1.95 bits per heavy atom. The Bertz CT molecular complexity index is 391. The Kier molecular flexibility index (Phi) is 7.47. The lowest BCUT2D eigenvalue weighted by Crippen LogP contribution is -2.44. The van der Waals surface area contributed by atoms with Gasteiger partial charge in [-0.25, -0.2) is 8.42 Å². The van der Waals surface area contributed by atoms with E-state index in [2.05, 4.69) is 5.32 Å². The topological polar surface area (TPSA) is 75.7 Å². The minimum atomic E-state index is -3.36. The van der Waals surface area contributed by atoms with Gasteiger partial charge in [0, 0.05) is 26.3 Å². The van der Waals surface area contributed by atoms with Crippen LogP contribution in [0.3, 0.4) is 0 Å². The lowest BCUT2D eigenvalue weighted by Gasteiger charge is -2.25. The van der Waals surface area contributed by atoms with Gasteiger partial charge in [-0.05, 0) is 19.3 Å². The van der Waals surface area contributed by atoms with Crippen LogP contribution in [-0.2, 0) is 19.6 Å². The van der Waals surface area contributed by atoms with E-state index in [0.29, 0.717) is 19.6 Å². The average Bonchev–Trinajstić information content (AvgIpc) is 2.38. The number of methoxy groups -OCH3 is 1. The highest BCUT2D eigenvalue weighted by Crippen LogP contribution is 2.17. The third-order valence-corrected chi connectivity index (χ3v) is 4.76. The van der Waals surface area contributed by atoms with Crippen molar-refractivity contribution in [1.82, 2.24) is 9.62 Å². The molecule has 0 saturated heterocycles. The molecule has 0 aromatic rings. The van der Waals surface area contributed by atoms with E-state index in [1.807, 2.05) is 0 Å². The smallest absolute Gasteiger partial charge is 0.235 e. The molecule has 0 heterocycles. The first-order valence-electron chi connectivity index (χ1n) is 7.17. The number of hydrogen-bond donors (Lipinski definition) is 1. The Balaban J connectivity index is 2.44. The molecule has 0 aliphatic heterocycles. The Labute approximate surface area is 121 Å². The summed E-state index contributed by atoms with van der Waals surface area (Å²) in [5, 5.41) is 2.94. The zero-order valence-electron chi connectivity index (χ0n) is 12.4. The van der Waals surface area contributed by atoms with Gasteiger partial charge in [-0.2, -0.15) is 4.31 Å². The molecule has 6 nitrogen and oxygen atoms in total. The number of hydrogen-bond acceptors (Lipinski definition) is 4. The molecule has 1 fully saturated rings. The van der Waals surface area contributed by atoms with E-state index >= 15 is 0 Å². The molecule has 1 saturated carbocycles. The first kappa shape index (κ1) is 17.4. The largest absolute Gasteiger partial charge is 0.385 e. The summed E-state index contributed by atoms with van der Waals surface area (Å²) in [5.74, 6) is -0.209. The number of nitrogens with zero attached hydrogens (tertiary/aromatic N) is 1. The SMILES string of the molecule is COCCCN(CC(=O)NC1CCCCC1)S(C)(=O)=O. The fraction of sp³-hybridized carbons (Fsp3) is 0.923.